The number of hydrogen-bond donors (Lipinski definition) is 5. The first-order chi connectivity index (χ1) is 26.1. The number of carbonyl (C=O) groups is 6. The maximum atomic E-state index is 13.0. The molecule has 4 aromatic carbocycles. The van der Waals surface area contributed by atoms with Crippen LogP contribution in [-0.4, -0.2) is 113 Å². The molecule has 0 fully saturated rings. The summed E-state index contributed by atoms with van der Waals surface area (Å²) < 4.78 is 11.0. The van der Waals surface area contributed by atoms with Crippen LogP contribution < -0.4 is 16.0 Å². The fraction of sp³-hybridized carbons (Fsp3) is 0.250. The van der Waals surface area contributed by atoms with Gasteiger partial charge < -0.3 is 35.6 Å². The molecule has 0 spiro atoms. The number of aliphatic carboxylic acids is 2. The number of carboxylic acid groups (broad SMARTS) is 2. The second kappa shape index (κ2) is 18.9. The molecular formula is C40H37N3NaO10S. The molecule has 2 unspecified atom stereocenters. The van der Waals surface area contributed by atoms with E-state index in [1.165, 1.54) is 0 Å². The van der Waals surface area contributed by atoms with E-state index >= 15 is 0 Å². The van der Waals surface area contributed by atoms with Crippen LogP contribution in [0.3, 0.4) is 0 Å². The van der Waals surface area contributed by atoms with E-state index in [9.17, 15) is 33.9 Å². The number of carboxylic acids is 2. The van der Waals surface area contributed by atoms with E-state index in [4.69, 9.17) is 14.6 Å². The molecule has 6 rings (SSSR count). The van der Waals surface area contributed by atoms with Gasteiger partial charge in [0, 0.05) is 53.6 Å². The number of fused-ring (bicyclic) bond motifs is 6. The summed E-state index contributed by atoms with van der Waals surface area (Å²) in [6, 6.07) is 28.3. The van der Waals surface area contributed by atoms with Crippen LogP contribution >= 0.6 is 11.8 Å². The molecule has 3 amide bonds. The Morgan fingerprint density at radius 3 is 1.55 bits per heavy atom. The van der Waals surface area contributed by atoms with E-state index < -0.39 is 60.2 Å². The Morgan fingerprint density at radius 1 is 0.636 bits per heavy atom. The van der Waals surface area contributed by atoms with Gasteiger partial charge in [-0.3, -0.25) is 14.4 Å². The minimum absolute atomic E-state index is 0. The molecule has 0 aromatic heterocycles. The van der Waals surface area contributed by atoms with Crippen molar-refractivity contribution in [2.45, 2.75) is 36.8 Å². The monoisotopic (exact) mass is 774 g/mol. The maximum Gasteiger partial charge on any atom is 0.407 e. The normalized spacial score (nSPS) is 13.4. The Morgan fingerprint density at radius 2 is 1.09 bits per heavy atom. The molecule has 0 aliphatic heterocycles. The summed E-state index contributed by atoms with van der Waals surface area (Å²) in [7, 11) is 0. The first-order valence-electron chi connectivity index (χ1n) is 17.2. The second-order valence-electron chi connectivity index (χ2n) is 12.7. The molecular weight excluding hydrogens is 738 g/mol. The molecule has 5 N–H and O–H groups in total. The Kier molecular flexibility index (Phi) is 14.1. The molecule has 279 valence electrons. The predicted molar refractivity (Wildman–Crippen MR) is 205 cm³/mol. The summed E-state index contributed by atoms with van der Waals surface area (Å²) in [5.74, 6) is -5.09. The van der Waals surface area contributed by atoms with Crippen molar-refractivity contribution in [2.75, 3.05) is 25.5 Å². The zero-order valence-corrected chi connectivity index (χ0v) is 32.7. The number of ether oxygens (including phenoxy) is 2. The third-order valence-electron chi connectivity index (χ3n) is 9.36. The van der Waals surface area contributed by atoms with Crippen molar-refractivity contribution < 1.29 is 48.5 Å². The van der Waals surface area contributed by atoms with Gasteiger partial charge in [0.15, 0.2) is 0 Å². The van der Waals surface area contributed by atoms with Crippen LogP contribution in [0, 0.1) is 0 Å². The summed E-state index contributed by atoms with van der Waals surface area (Å²) in [4.78, 5) is 74.5. The summed E-state index contributed by atoms with van der Waals surface area (Å²) >= 11 is 0.628. The number of alkyl carbamates (subject to hydrolysis) is 1. The second-order valence-corrected chi connectivity index (χ2v) is 13.7. The third-order valence-corrected chi connectivity index (χ3v) is 10.2. The molecule has 2 aliphatic carbocycles. The minimum Gasteiger partial charge on any atom is -0.480 e. The summed E-state index contributed by atoms with van der Waals surface area (Å²) in [6.45, 7) is -0.734. The molecule has 0 saturated heterocycles. The van der Waals surface area contributed by atoms with E-state index in [0.717, 1.165) is 44.5 Å². The van der Waals surface area contributed by atoms with Gasteiger partial charge >= 0.3 is 23.3 Å². The van der Waals surface area contributed by atoms with Crippen LogP contribution in [0.2, 0.25) is 0 Å². The van der Waals surface area contributed by atoms with Crippen molar-refractivity contribution in [3.05, 3.63) is 119 Å². The van der Waals surface area contributed by atoms with Gasteiger partial charge in [-0.05, 0) is 62.7 Å². The number of thioether (sulfide) groups is 1. The van der Waals surface area contributed by atoms with Crippen molar-refractivity contribution in [3.63, 3.8) is 0 Å². The van der Waals surface area contributed by atoms with E-state index in [1.54, 1.807) is 0 Å². The van der Waals surface area contributed by atoms with Crippen molar-refractivity contribution in [1.82, 2.24) is 16.0 Å². The average Bonchev–Trinajstić information content (AvgIpc) is 3.67. The van der Waals surface area contributed by atoms with Gasteiger partial charge in [-0.2, -0.15) is 0 Å². The SMILES string of the molecule is O=C(O)CNC(=O)C(CSC(=O)OCC1c2ccccc2-c2ccccc21)NC(=O)CCC(NC(=O)OCC1c2ccccc2-c2ccccc21)C(=O)O.[Na]. The molecule has 55 heavy (non-hydrogen) atoms. The van der Waals surface area contributed by atoms with Gasteiger partial charge in [0.2, 0.25) is 11.8 Å². The Bertz CT molecular complexity index is 2000. The molecule has 15 heteroatoms. The van der Waals surface area contributed by atoms with Gasteiger partial charge in [-0.25, -0.2) is 14.4 Å². The average molecular weight is 775 g/mol. The van der Waals surface area contributed by atoms with Crippen LogP contribution in [-0.2, 0) is 28.7 Å². The predicted octanol–water partition coefficient (Wildman–Crippen LogP) is 4.75. The number of nitrogens with one attached hydrogen (secondary N) is 3. The van der Waals surface area contributed by atoms with Crippen LogP contribution in [0.5, 0.6) is 0 Å². The van der Waals surface area contributed by atoms with Gasteiger partial charge in [0.1, 0.15) is 31.8 Å². The maximum absolute atomic E-state index is 13.0. The third kappa shape index (κ3) is 9.94. The van der Waals surface area contributed by atoms with Crippen LogP contribution in [0.15, 0.2) is 97.1 Å². The van der Waals surface area contributed by atoms with E-state index in [2.05, 4.69) is 16.0 Å². The van der Waals surface area contributed by atoms with Crippen LogP contribution in [0.1, 0.15) is 46.9 Å². The molecule has 0 saturated carbocycles. The van der Waals surface area contributed by atoms with Gasteiger partial charge in [-0.1, -0.05) is 97.1 Å². The van der Waals surface area contributed by atoms with E-state index in [-0.39, 0.29) is 66.8 Å². The summed E-state index contributed by atoms with van der Waals surface area (Å²) in [5, 5.41) is 25.0. The van der Waals surface area contributed by atoms with Gasteiger partial charge in [0.25, 0.3) is 0 Å². The largest absolute Gasteiger partial charge is 0.480 e. The number of benzene rings is 4. The molecule has 4 aromatic rings. The number of amides is 3. The molecule has 1 radical (unpaired) electrons. The Balaban J connectivity index is 0.00000580. The summed E-state index contributed by atoms with van der Waals surface area (Å²) in [6.07, 6.45) is -1.76. The number of rotatable bonds is 15. The van der Waals surface area contributed by atoms with Gasteiger partial charge in [-0.15, -0.1) is 0 Å². The Labute approximate surface area is 342 Å². The van der Waals surface area contributed by atoms with E-state index in [1.807, 2.05) is 97.1 Å². The van der Waals surface area contributed by atoms with Crippen molar-refractivity contribution >= 4 is 76.5 Å². The molecule has 2 aliphatic rings. The summed E-state index contributed by atoms with van der Waals surface area (Å²) in [5.41, 5.74) is 8.17. The fourth-order valence-corrected chi connectivity index (χ4v) is 7.52. The zero-order valence-electron chi connectivity index (χ0n) is 29.9. The minimum atomic E-state index is -1.50. The van der Waals surface area contributed by atoms with Crippen LogP contribution in [0.4, 0.5) is 9.59 Å². The zero-order chi connectivity index (χ0) is 38.2. The number of carbonyl (C=O) groups excluding carboxylic acids is 4. The Hall–Kier alpha value is -5.15. The molecule has 2 atom stereocenters. The standard InChI is InChI=1S/C40H37N3O10S.Na/c44-35(18-17-33(38(48)49)43-39(50)52-20-31-27-13-5-1-9-23(27)24-10-2-6-14-28(24)31)42-34(37(47)41-19-36(45)46)22-54-40(51)53-21-32-29-15-7-3-11-25(29)26-12-4-8-16-30(26)32;/h1-16,31-34H,17-22H2,(H,41,47)(H,42,44)(H,43,50)(H,45,46)(H,48,49);. The van der Waals surface area contributed by atoms with Crippen molar-refractivity contribution in [1.29, 1.82) is 0 Å². The van der Waals surface area contributed by atoms with Crippen molar-refractivity contribution in [3.8, 4) is 22.3 Å². The van der Waals surface area contributed by atoms with Crippen molar-refractivity contribution in [2.24, 2.45) is 0 Å². The first kappa shape index (κ1) is 41.0. The smallest absolute Gasteiger partial charge is 0.407 e. The van der Waals surface area contributed by atoms with Crippen LogP contribution in [0.25, 0.3) is 22.3 Å². The number of hydrogen-bond acceptors (Lipinski definition) is 9. The van der Waals surface area contributed by atoms with E-state index in [0.29, 0.717) is 11.8 Å². The van der Waals surface area contributed by atoms with Gasteiger partial charge in [0.05, 0.1) is 0 Å². The first-order valence-corrected chi connectivity index (χ1v) is 18.2. The molecule has 0 bridgehead atoms. The fourth-order valence-electron chi connectivity index (χ4n) is 6.83. The topological polar surface area (TPSA) is 197 Å². The quantitative estimate of drug-likeness (QED) is 0.0826. The molecule has 13 nitrogen and oxygen atoms in total. The molecule has 0 heterocycles.